The molecule has 6 heteroatoms. The second-order valence-electron chi connectivity index (χ2n) is 4.60. The minimum atomic E-state index is -0.415. The van der Waals surface area contributed by atoms with Gasteiger partial charge < -0.3 is 4.57 Å². The zero-order valence-electron chi connectivity index (χ0n) is 11.3. The lowest BCUT2D eigenvalue weighted by Gasteiger charge is -2.18. The molecule has 1 aromatic heterocycles. The number of aromatic nitrogens is 2. The largest absolute Gasteiger partial charge is 0.335 e. The van der Waals surface area contributed by atoms with Gasteiger partial charge in [-0.15, -0.1) is 0 Å². The third kappa shape index (κ3) is 3.17. The third-order valence-electron chi connectivity index (χ3n) is 3.20. The fourth-order valence-corrected chi connectivity index (χ4v) is 2.54. The highest BCUT2D eigenvalue weighted by atomic mass is 35.5. The zero-order valence-corrected chi connectivity index (χ0v) is 12.1. The first-order valence-corrected chi connectivity index (χ1v) is 6.95. The van der Waals surface area contributed by atoms with Crippen molar-refractivity contribution in [2.75, 3.05) is 0 Å². The maximum absolute atomic E-state index is 14.0. The molecule has 1 unspecified atom stereocenters. The first-order chi connectivity index (χ1) is 9.67. The molecule has 0 saturated heterocycles. The monoisotopic (exact) mass is 296 g/mol. The van der Waals surface area contributed by atoms with E-state index in [1.54, 1.807) is 18.3 Å². The molecule has 108 valence electrons. The summed E-state index contributed by atoms with van der Waals surface area (Å²) in [5, 5.41) is 0.363. The fourth-order valence-electron chi connectivity index (χ4n) is 2.24. The molecule has 2 aromatic rings. The second kappa shape index (κ2) is 6.83. The van der Waals surface area contributed by atoms with Gasteiger partial charge in [0.2, 0.25) is 0 Å². The number of rotatable bonds is 6. The van der Waals surface area contributed by atoms with Gasteiger partial charge in [0.25, 0.3) is 0 Å². The Kier molecular flexibility index (Phi) is 5.11. The maximum Gasteiger partial charge on any atom is 0.129 e. The standard InChI is InChI=1S/C14H18ClFN4/c1-2-7-20-8-6-18-13(20)9-12(19-17)14-10(15)4-3-5-11(14)16/h3-6,8,12,19H,2,7,9,17H2,1H3. The van der Waals surface area contributed by atoms with Crippen LogP contribution in [0.25, 0.3) is 0 Å². The minimum Gasteiger partial charge on any atom is -0.335 e. The molecule has 0 bridgehead atoms. The Morgan fingerprint density at radius 1 is 1.50 bits per heavy atom. The Labute approximate surface area is 122 Å². The average Bonchev–Trinajstić information content (AvgIpc) is 2.85. The minimum absolute atomic E-state index is 0.363. The Balaban J connectivity index is 2.27. The lowest BCUT2D eigenvalue weighted by Crippen LogP contribution is -2.31. The molecule has 0 saturated carbocycles. The van der Waals surface area contributed by atoms with Crippen LogP contribution in [0.2, 0.25) is 5.02 Å². The molecule has 1 aromatic carbocycles. The maximum atomic E-state index is 14.0. The van der Waals surface area contributed by atoms with Crippen molar-refractivity contribution in [3.8, 4) is 0 Å². The van der Waals surface area contributed by atoms with Gasteiger partial charge >= 0.3 is 0 Å². The molecule has 0 aliphatic carbocycles. The van der Waals surface area contributed by atoms with Gasteiger partial charge in [-0.3, -0.25) is 11.3 Å². The van der Waals surface area contributed by atoms with Crippen LogP contribution in [0.3, 0.4) is 0 Å². The summed E-state index contributed by atoms with van der Waals surface area (Å²) in [6.07, 6.45) is 5.13. The molecular weight excluding hydrogens is 279 g/mol. The Morgan fingerprint density at radius 2 is 2.30 bits per heavy atom. The molecule has 0 radical (unpaired) electrons. The molecular formula is C14H18ClFN4. The molecule has 20 heavy (non-hydrogen) atoms. The summed E-state index contributed by atoms with van der Waals surface area (Å²) < 4.78 is 16.0. The van der Waals surface area contributed by atoms with Gasteiger partial charge in [0.1, 0.15) is 11.6 Å². The number of nitrogens with two attached hydrogens (primary N) is 1. The van der Waals surface area contributed by atoms with Crippen molar-refractivity contribution in [3.05, 3.63) is 52.8 Å². The van der Waals surface area contributed by atoms with Crippen molar-refractivity contribution in [1.29, 1.82) is 0 Å². The third-order valence-corrected chi connectivity index (χ3v) is 3.53. The normalized spacial score (nSPS) is 12.6. The summed E-state index contributed by atoms with van der Waals surface area (Å²) in [7, 11) is 0. The summed E-state index contributed by atoms with van der Waals surface area (Å²) >= 11 is 6.08. The number of nitrogens with zero attached hydrogens (tertiary/aromatic N) is 2. The number of hydrogen-bond acceptors (Lipinski definition) is 3. The van der Waals surface area contributed by atoms with Crippen LogP contribution in [0, 0.1) is 5.82 Å². The van der Waals surface area contributed by atoms with E-state index in [9.17, 15) is 4.39 Å². The number of halogens is 2. The SMILES string of the molecule is CCCn1ccnc1CC(NN)c1c(F)cccc1Cl. The fraction of sp³-hybridized carbons (Fsp3) is 0.357. The van der Waals surface area contributed by atoms with Crippen molar-refractivity contribution in [2.24, 2.45) is 5.84 Å². The predicted octanol–water partition coefficient (Wildman–Crippen LogP) is 2.83. The molecule has 3 N–H and O–H groups in total. The highest BCUT2D eigenvalue weighted by Crippen LogP contribution is 2.27. The first kappa shape index (κ1) is 15.0. The van der Waals surface area contributed by atoms with E-state index < -0.39 is 6.04 Å². The average molecular weight is 297 g/mol. The summed E-state index contributed by atoms with van der Waals surface area (Å²) in [4.78, 5) is 4.31. The van der Waals surface area contributed by atoms with E-state index in [4.69, 9.17) is 17.4 Å². The van der Waals surface area contributed by atoms with Gasteiger partial charge in [-0.2, -0.15) is 0 Å². The number of hydrogen-bond donors (Lipinski definition) is 2. The highest BCUT2D eigenvalue weighted by molar-refractivity contribution is 6.31. The van der Waals surface area contributed by atoms with E-state index in [-0.39, 0.29) is 5.82 Å². The molecule has 0 aliphatic heterocycles. The van der Waals surface area contributed by atoms with Crippen LogP contribution in [-0.4, -0.2) is 9.55 Å². The van der Waals surface area contributed by atoms with Gasteiger partial charge in [-0.05, 0) is 18.6 Å². The second-order valence-corrected chi connectivity index (χ2v) is 5.00. The van der Waals surface area contributed by atoms with Crippen LogP contribution in [-0.2, 0) is 13.0 Å². The van der Waals surface area contributed by atoms with E-state index in [1.165, 1.54) is 6.07 Å². The van der Waals surface area contributed by atoms with E-state index >= 15 is 0 Å². The highest BCUT2D eigenvalue weighted by Gasteiger charge is 2.20. The Hall–Kier alpha value is -1.43. The van der Waals surface area contributed by atoms with Crippen molar-refractivity contribution < 1.29 is 4.39 Å². The Morgan fingerprint density at radius 3 is 2.95 bits per heavy atom. The van der Waals surface area contributed by atoms with Gasteiger partial charge in [0.15, 0.2) is 0 Å². The van der Waals surface area contributed by atoms with Gasteiger partial charge in [0.05, 0.1) is 6.04 Å². The molecule has 0 amide bonds. The topological polar surface area (TPSA) is 55.9 Å². The molecule has 1 heterocycles. The van der Waals surface area contributed by atoms with Crippen LogP contribution < -0.4 is 11.3 Å². The summed E-state index contributed by atoms with van der Waals surface area (Å²) in [5.41, 5.74) is 3.01. The van der Waals surface area contributed by atoms with Crippen molar-refractivity contribution in [3.63, 3.8) is 0 Å². The number of nitrogens with one attached hydrogen (secondary N) is 1. The van der Waals surface area contributed by atoms with Crippen LogP contribution in [0.15, 0.2) is 30.6 Å². The number of benzene rings is 1. The van der Waals surface area contributed by atoms with Crippen LogP contribution >= 0.6 is 11.6 Å². The molecule has 0 aliphatic rings. The van der Waals surface area contributed by atoms with Gasteiger partial charge in [-0.25, -0.2) is 9.37 Å². The molecule has 0 fully saturated rings. The van der Waals surface area contributed by atoms with Gasteiger partial charge in [0, 0.05) is 35.9 Å². The van der Waals surface area contributed by atoms with E-state index in [2.05, 4.69) is 17.3 Å². The number of hydrazine groups is 1. The van der Waals surface area contributed by atoms with Crippen molar-refractivity contribution >= 4 is 11.6 Å². The van der Waals surface area contributed by atoms with Crippen molar-refractivity contribution in [2.45, 2.75) is 32.4 Å². The van der Waals surface area contributed by atoms with E-state index in [1.807, 2.05) is 10.8 Å². The lowest BCUT2D eigenvalue weighted by atomic mass is 10.0. The number of imidazole rings is 1. The molecule has 2 rings (SSSR count). The zero-order chi connectivity index (χ0) is 14.5. The quantitative estimate of drug-likeness (QED) is 0.636. The van der Waals surface area contributed by atoms with E-state index in [0.717, 1.165) is 18.8 Å². The molecule has 0 spiro atoms. The van der Waals surface area contributed by atoms with Gasteiger partial charge in [-0.1, -0.05) is 24.6 Å². The lowest BCUT2D eigenvalue weighted by molar-refractivity contribution is 0.489. The Bertz CT molecular complexity index is 550. The smallest absolute Gasteiger partial charge is 0.129 e. The predicted molar refractivity (Wildman–Crippen MR) is 77.7 cm³/mol. The van der Waals surface area contributed by atoms with Crippen LogP contribution in [0.5, 0.6) is 0 Å². The van der Waals surface area contributed by atoms with Crippen LogP contribution in [0.1, 0.15) is 30.8 Å². The molecule has 4 nitrogen and oxygen atoms in total. The van der Waals surface area contributed by atoms with Crippen LogP contribution in [0.4, 0.5) is 4.39 Å². The van der Waals surface area contributed by atoms with Crippen molar-refractivity contribution in [1.82, 2.24) is 15.0 Å². The summed E-state index contributed by atoms with van der Waals surface area (Å²) in [5.74, 6) is 6.06. The molecule has 1 atom stereocenters. The first-order valence-electron chi connectivity index (χ1n) is 6.57. The summed E-state index contributed by atoms with van der Waals surface area (Å²) in [6, 6.07) is 4.20. The number of aryl methyl sites for hydroxylation is 1. The summed E-state index contributed by atoms with van der Waals surface area (Å²) in [6.45, 7) is 2.97. The van der Waals surface area contributed by atoms with E-state index in [0.29, 0.717) is 17.0 Å².